The number of aliphatic imine (C=N–C) groups is 1. The summed E-state index contributed by atoms with van der Waals surface area (Å²) in [5.74, 6) is -2.54. The molecule has 0 aromatic rings. The molecule has 0 bridgehead atoms. The second-order valence-corrected chi connectivity index (χ2v) is 10.1. The number of allylic oxidation sites excluding steroid dienone is 6. The molecule has 0 aromatic heterocycles. The summed E-state index contributed by atoms with van der Waals surface area (Å²) in [6.07, 6.45) is 6.95. The lowest BCUT2D eigenvalue weighted by molar-refractivity contribution is -0.120. The van der Waals surface area contributed by atoms with Gasteiger partial charge in [0.15, 0.2) is 0 Å². The first-order valence-electron chi connectivity index (χ1n) is 10.6. The molecule has 0 spiro atoms. The van der Waals surface area contributed by atoms with Gasteiger partial charge in [0.2, 0.25) is 5.92 Å². The van der Waals surface area contributed by atoms with Crippen LogP contribution < -0.4 is 0 Å². The van der Waals surface area contributed by atoms with E-state index in [1.165, 1.54) is 5.57 Å². The Balaban J connectivity index is 1.78. The van der Waals surface area contributed by atoms with E-state index >= 15 is 0 Å². The molecule has 3 atom stereocenters. The van der Waals surface area contributed by atoms with Crippen LogP contribution in [-0.2, 0) is 0 Å². The van der Waals surface area contributed by atoms with Gasteiger partial charge in [-0.05, 0) is 79.5 Å². The zero-order chi connectivity index (χ0) is 21.8. The molecule has 0 aromatic carbocycles. The standard InChI is InChI=1S/C24H33BF3N/c1-14(7-8-22(5,25)19-10-24(27,28)11-19)20-13-29-12-18(9-15(20)2)21-16(3)23(6,26)17(21)4/h7,9,12,16,19H,8,10-11,13,25H2,1-6H3/b14-7-. The quantitative estimate of drug-likeness (QED) is 0.485. The van der Waals surface area contributed by atoms with Crippen LogP contribution in [0.25, 0.3) is 0 Å². The summed E-state index contributed by atoms with van der Waals surface area (Å²) < 4.78 is 41.1. The Bertz CT molecular complexity index is 847. The molecule has 3 unspecified atom stereocenters. The maximum atomic E-state index is 14.6. The molecule has 2 aliphatic carbocycles. The van der Waals surface area contributed by atoms with Crippen LogP contribution in [0.3, 0.4) is 0 Å². The summed E-state index contributed by atoms with van der Waals surface area (Å²) in [5, 5.41) is -0.138. The topological polar surface area (TPSA) is 12.4 Å². The fraction of sp³-hybridized carbons (Fsp3) is 0.625. The molecule has 0 N–H and O–H groups in total. The Morgan fingerprint density at radius 3 is 2.48 bits per heavy atom. The summed E-state index contributed by atoms with van der Waals surface area (Å²) >= 11 is 0. The fourth-order valence-corrected chi connectivity index (χ4v) is 4.79. The molecule has 1 fully saturated rings. The molecule has 0 saturated heterocycles. The van der Waals surface area contributed by atoms with Crippen molar-refractivity contribution in [3.8, 4) is 0 Å². The van der Waals surface area contributed by atoms with Gasteiger partial charge in [0.05, 0.1) is 6.54 Å². The van der Waals surface area contributed by atoms with Crippen LogP contribution in [-0.4, -0.2) is 32.2 Å². The number of nitrogens with zero attached hydrogens (tertiary/aromatic N) is 1. The maximum Gasteiger partial charge on any atom is 0.248 e. The van der Waals surface area contributed by atoms with Crippen molar-refractivity contribution >= 4 is 14.1 Å². The molecule has 1 aliphatic heterocycles. The van der Waals surface area contributed by atoms with Crippen molar-refractivity contribution in [1.29, 1.82) is 0 Å². The number of alkyl halides is 3. The largest absolute Gasteiger partial charge is 0.288 e. The third-order valence-corrected chi connectivity index (χ3v) is 7.63. The van der Waals surface area contributed by atoms with Gasteiger partial charge in [-0.25, -0.2) is 13.2 Å². The van der Waals surface area contributed by atoms with Gasteiger partial charge in [0.25, 0.3) is 0 Å². The monoisotopic (exact) mass is 403 g/mol. The highest BCUT2D eigenvalue weighted by Gasteiger charge is 2.50. The van der Waals surface area contributed by atoms with Crippen LogP contribution in [0.4, 0.5) is 13.2 Å². The summed E-state index contributed by atoms with van der Waals surface area (Å²) in [5.41, 5.74) is 5.08. The Hall–Kier alpha value is -1.52. The lowest BCUT2D eigenvalue weighted by Gasteiger charge is -2.45. The van der Waals surface area contributed by atoms with Crippen molar-refractivity contribution in [2.45, 2.75) is 77.7 Å². The van der Waals surface area contributed by atoms with E-state index in [0.29, 0.717) is 6.54 Å². The van der Waals surface area contributed by atoms with Gasteiger partial charge in [-0.2, -0.15) is 0 Å². The minimum Gasteiger partial charge on any atom is -0.288 e. The van der Waals surface area contributed by atoms with Crippen molar-refractivity contribution in [3.05, 3.63) is 45.6 Å². The van der Waals surface area contributed by atoms with E-state index in [1.54, 1.807) is 6.92 Å². The van der Waals surface area contributed by atoms with Crippen LogP contribution in [0.5, 0.6) is 0 Å². The van der Waals surface area contributed by atoms with Crippen molar-refractivity contribution in [2.24, 2.45) is 16.8 Å². The molecular formula is C24H33BF3N. The van der Waals surface area contributed by atoms with Crippen LogP contribution in [0.15, 0.2) is 50.6 Å². The van der Waals surface area contributed by atoms with Crippen molar-refractivity contribution in [1.82, 2.24) is 0 Å². The first-order valence-corrected chi connectivity index (χ1v) is 10.6. The zero-order valence-electron chi connectivity index (χ0n) is 18.8. The first kappa shape index (κ1) is 22.2. The molecule has 3 rings (SSSR count). The van der Waals surface area contributed by atoms with Crippen molar-refractivity contribution < 1.29 is 13.2 Å². The van der Waals surface area contributed by atoms with Gasteiger partial charge in [-0.15, -0.1) is 0 Å². The van der Waals surface area contributed by atoms with E-state index in [1.807, 2.05) is 20.1 Å². The van der Waals surface area contributed by atoms with E-state index < -0.39 is 11.6 Å². The Morgan fingerprint density at radius 2 is 1.93 bits per heavy atom. The fourth-order valence-electron chi connectivity index (χ4n) is 4.79. The average molecular weight is 403 g/mol. The molecule has 1 nitrogen and oxygen atoms in total. The van der Waals surface area contributed by atoms with Crippen molar-refractivity contribution in [3.63, 3.8) is 0 Å². The lowest BCUT2D eigenvalue weighted by atomic mass is 9.53. The normalized spacial score (nSPS) is 32.4. The van der Waals surface area contributed by atoms with E-state index in [4.69, 9.17) is 0 Å². The zero-order valence-corrected chi connectivity index (χ0v) is 18.8. The third-order valence-electron chi connectivity index (χ3n) is 7.63. The predicted octanol–water partition coefficient (Wildman–Crippen LogP) is 6.20. The molecule has 0 radical (unpaired) electrons. The van der Waals surface area contributed by atoms with Gasteiger partial charge >= 0.3 is 0 Å². The number of rotatable bonds is 5. The van der Waals surface area contributed by atoms with E-state index in [-0.39, 0.29) is 30.0 Å². The SMILES string of the molecule is BC(C)(C/C=C(/C)C1=C(C)C=C(C2=C(C)C(C)(F)C2C)C=NC1)C1CC(F)(F)C1. The second-order valence-electron chi connectivity index (χ2n) is 10.1. The van der Waals surface area contributed by atoms with E-state index in [0.717, 1.165) is 34.3 Å². The molecule has 29 heavy (non-hydrogen) atoms. The smallest absolute Gasteiger partial charge is 0.248 e. The number of halogens is 3. The molecular weight excluding hydrogens is 370 g/mol. The van der Waals surface area contributed by atoms with Gasteiger partial charge in [-0.3, -0.25) is 4.99 Å². The van der Waals surface area contributed by atoms with Gasteiger partial charge in [0.1, 0.15) is 13.5 Å². The molecule has 5 heteroatoms. The highest BCUT2D eigenvalue weighted by atomic mass is 19.3. The van der Waals surface area contributed by atoms with Crippen LogP contribution in [0.2, 0.25) is 5.31 Å². The van der Waals surface area contributed by atoms with E-state index in [2.05, 4.69) is 45.8 Å². The molecule has 3 aliphatic rings. The summed E-state index contributed by atoms with van der Waals surface area (Å²) in [6.45, 7) is 12.3. The molecule has 0 amide bonds. The minimum absolute atomic E-state index is 0.00510. The predicted molar refractivity (Wildman–Crippen MR) is 118 cm³/mol. The summed E-state index contributed by atoms with van der Waals surface area (Å²) in [6, 6.07) is 0. The second kappa shape index (κ2) is 7.32. The highest BCUT2D eigenvalue weighted by molar-refractivity contribution is 6.15. The van der Waals surface area contributed by atoms with Gasteiger partial charge in [0, 0.05) is 25.0 Å². The summed E-state index contributed by atoms with van der Waals surface area (Å²) in [4.78, 5) is 4.60. The Morgan fingerprint density at radius 1 is 1.31 bits per heavy atom. The Labute approximate surface area is 174 Å². The number of hydrogen-bond acceptors (Lipinski definition) is 1. The third kappa shape index (κ3) is 4.07. The lowest BCUT2D eigenvalue weighted by Crippen LogP contribution is -2.41. The molecule has 1 heterocycles. The van der Waals surface area contributed by atoms with Crippen LogP contribution in [0, 0.1) is 11.8 Å². The van der Waals surface area contributed by atoms with Crippen LogP contribution in [0.1, 0.15) is 60.8 Å². The summed E-state index contributed by atoms with van der Waals surface area (Å²) in [7, 11) is 2.09. The van der Waals surface area contributed by atoms with Gasteiger partial charge < -0.3 is 0 Å². The molecule has 1 saturated carbocycles. The highest BCUT2D eigenvalue weighted by Crippen LogP contribution is 2.55. The van der Waals surface area contributed by atoms with E-state index in [9.17, 15) is 13.2 Å². The van der Waals surface area contributed by atoms with Gasteiger partial charge in [-0.1, -0.05) is 25.2 Å². The average Bonchev–Trinajstić information content (AvgIpc) is 2.79. The first-order chi connectivity index (χ1) is 13.3. The Kier molecular flexibility index (Phi) is 5.60. The molecule has 158 valence electrons. The van der Waals surface area contributed by atoms with Crippen molar-refractivity contribution in [2.75, 3.05) is 6.54 Å². The van der Waals surface area contributed by atoms with Crippen LogP contribution >= 0.6 is 0 Å². The maximum absolute atomic E-state index is 14.6. The minimum atomic E-state index is -2.47. The number of hydrogen-bond donors (Lipinski definition) is 0.